The molecule has 0 aliphatic heterocycles. The first-order chi connectivity index (χ1) is 10.3. The van der Waals surface area contributed by atoms with E-state index in [4.69, 9.17) is 4.42 Å². The molecule has 2 aromatic rings. The molecule has 0 radical (unpaired) electrons. The molecule has 1 aromatic heterocycles. The van der Waals surface area contributed by atoms with Gasteiger partial charge in [-0.05, 0) is 30.9 Å². The van der Waals surface area contributed by atoms with Gasteiger partial charge in [0.15, 0.2) is 0 Å². The number of nitrogens with one attached hydrogen (secondary N) is 1. The summed E-state index contributed by atoms with van der Waals surface area (Å²) in [5.74, 6) is 0.0327. The summed E-state index contributed by atoms with van der Waals surface area (Å²) in [4.78, 5) is 11.7. The molecule has 1 heterocycles. The zero-order chi connectivity index (χ0) is 14.9. The van der Waals surface area contributed by atoms with Gasteiger partial charge in [0, 0.05) is 18.5 Å². The van der Waals surface area contributed by atoms with Gasteiger partial charge in [0.1, 0.15) is 0 Å². The molecule has 4 heteroatoms. The second-order valence-electron chi connectivity index (χ2n) is 5.05. The highest BCUT2D eigenvalue weighted by atomic mass is 16.3. The second kappa shape index (κ2) is 8.27. The number of aliphatic hydroxyl groups excluding tert-OH is 1. The Labute approximate surface area is 124 Å². The van der Waals surface area contributed by atoms with Gasteiger partial charge in [-0.1, -0.05) is 30.3 Å². The molecule has 0 spiro atoms. The lowest BCUT2D eigenvalue weighted by molar-refractivity contribution is -0.121. The summed E-state index contributed by atoms with van der Waals surface area (Å²) in [6.45, 7) is 0.469. The zero-order valence-electron chi connectivity index (χ0n) is 12.0. The van der Waals surface area contributed by atoms with Crippen LogP contribution in [0.5, 0.6) is 0 Å². The standard InChI is InChI=1S/C17H21NO3/c19-16(15-10-12-21-13-15)9-11-18-17(20)8-4-7-14-5-2-1-3-6-14/h1-3,5-6,10,12-13,16,19H,4,7-9,11H2,(H,18,20)/t16-/m1/s1. The summed E-state index contributed by atoms with van der Waals surface area (Å²) >= 11 is 0. The number of rotatable bonds is 8. The van der Waals surface area contributed by atoms with E-state index in [0.717, 1.165) is 18.4 Å². The van der Waals surface area contributed by atoms with Gasteiger partial charge in [0.05, 0.1) is 18.6 Å². The lowest BCUT2D eigenvalue weighted by Gasteiger charge is -2.09. The molecule has 1 amide bonds. The van der Waals surface area contributed by atoms with E-state index in [2.05, 4.69) is 17.4 Å². The third-order valence-electron chi connectivity index (χ3n) is 3.38. The summed E-state index contributed by atoms with van der Waals surface area (Å²) in [5.41, 5.74) is 1.99. The molecule has 0 saturated heterocycles. The van der Waals surface area contributed by atoms with E-state index in [1.54, 1.807) is 6.07 Å². The number of amides is 1. The van der Waals surface area contributed by atoms with Crippen LogP contribution >= 0.6 is 0 Å². The van der Waals surface area contributed by atoms with Crippen LogP contribution in [-0.2, 0) is 11.2 Å². The molecule has 112 valence electrons. The van der Waals surface area contributed by atoms with Crippen molar-refractivity contribution in [1.29, 1.82) is 0 Å². The van der Waals surface area contributed by atoms with Gasteiger partial charge < -0.3 is 14.8 Å². The predicted octanol–water partition coefficient (Wildman–Crippen LogP) is 2.84. The second-order valence-corrected chi connectivity index (χ2v) is 5.05. The normalized spacial score (nSPS) is 12.0. The molecule has 0 saturated carbocycles. The molecule has 0 aliphatic carbocycles. The van der Waals surface area contributed by atoms with E-state index in [9.17, 15) is 9.90 Å². The molecule has 0 aliphatic rings. The van der Waals surface area contributed by atoms with Crippen molar-refractivity contribution in [3.05, 3.63) is 60.1 Å². The van der Waals surface area contributed by atoms with Gasteiger partial charge in [0.25, 0.3) is 0 Å². The van der Waals surface area contributed by atoms with Crippen LogP contribution in [0.4, 0.5) is 0 Å². The molecule has 1 aromatic carbocycles. The maximum absolute atomic E-state index is 11.7. The summed E-state index contributed by atoms with van der Waals surface area (Å²) in [6.07, 6.45) is 5.20. The third-order valence-corrected chi connectivity index (χ3v) is 3.38. The van der Waals surface area contributed by atoms with Crippen LogP contribution in [0.1, 0.15) is 36.5 Å². The first kappa shape index (κ1) is 15.3. The minimum atomic E-state index is -0.589. The van der Waals surface area contributed by atoms with Gasteiger partial charge in [-0.3, -0.25) is 4.79 Å². The maximum Gasteiger partial charge on any atom is 0.220 e. The van der Waals surface area contributed by atoms with Gasteiger partial charge in [-0.2, -0.15) is 0 Å². The van der Waals surface area contributed by atoms with Gasteiger partial charge in [-0.25, -0.2) is 0 Å². The highest BCUT2D eigenvalue weighted by Crippen LogP contribution is 2.15. The SMILES string of the molecule is O=C(CCCc1ccccc1)NCC[C@@H](O)c1ccoc1. The highest BCUT2D eigenvalue weighted by Gasteiger charge is 2.09. The van der Waals surface area contributed by atoms with E-state index in [-0.39, 0.29) is 5.91 Å². The van der Waals surface area contributed by atoms with Crippen LogP contribution in [0, 0.1) is 0 Å². The first-order valence-electron chi connectivity index (χ1n) is 7.26. The average molecular weight is 287 g/mol. The van der Waals surface area contributed by atoms with Crippen LogP contribution in [0.25, 0.3) is 0 Å². The average Bonchev–Trinajstić information content (AvgIpc) is 3.02. The number of hydrogen-bond acceptors (Lipinski definition) is 3. The van der Waals surface area contributed by atoms with E-state index in [0.29, 0.717) is 19.4 Å². The first-order valence-corrected chi connectivity index (χ1v) is 7.26. The van der Waals surface area contributed by atoms with Crippen LogP contribution in [0.15, 0.2) is 53.3 Å². The molecule has 0 fully saturated rings. The Morgan fingerprint density at radius 3 is 2.76 bits per heavy atom. The molecular formula is C17H21NO3. The van der Waals surface area contributed by atoms with Crippen molar-refractivity contribution in [2.75, 3.05) is 6.54 Å². The van der Waals surface area contributed by atoms with E-state index < -0.39 is 6.10 Å². The van der Waals surface area contributed by atoms with Crippen molar-refractivity contribution < 1.29 is 14.3 Å². The Morgan fingerprint density at radius 2 is 2.05 bits per heavy atom. The topological polar surface area (TPSA) is 62.5 Å². The number of benzene rings is 1. The fourth-order valence-corrected chi connectivity index (χ4v) is 2.17. The molecule has 2 N–H and O–H groups in total. The number of hydrogen-bond donors (Lipinski definition) is 2. The number of carbonyl (C=O) groups excluding carboxylic acids is 1. The number of aryl methyl sites for hydroxylation is 1. The van der Waals surface area contributed by atoms with Crippen molar-refractivity contribution in [3.63, 3.8) is 0 Å². The summed E-state index contributed by atoms with van der Waals surface area (Å²) in [7, 11) is 0. The summed E-state index contributed by atoms with van der Waals surface area (Å²) in [6, 6.07) is 11.9. The Kier molecular flexibility index (Phi) is 6.03. The fourth-order valence-electron chi connectivity index (χ4n) is 2.17. The molecule has 1 atom stereocenters. The van der Waals surface area contributed by atoms with Gasteiger partial charge >= 0.3 is 0 Å². The van der Waals surface area contributed by atoms with Gasteiger partial charge in [-0.15, -0.1) is 0 Å². The van der Waals surface area contributed by atoms with Crippen LogP contribution in [0.3, 0.4) is 0 Å². The Balaban J connectivity index is 1.57. The van der Waals surface area contributed by atoms with Crippen molar-refractivity contribution >= 4 is 5.91 Å². The monoisotopic (exact) mass is 287 g/mol. The molecule has 21 heavy (non-hydrogen) atoms. The van der Waals surface area contributed by atoms with Gasteiger partial charge in [0.2, 0.25) is 5.91 Å². The smallest absolute Gasteiger partial charge is 0.220 e. The van der Waals surface area contributed by atoms with E-state index in [1.807, 2.05) is 18.2 Å². The molecule has 4 nitrogen and oxygen atoms in total. The minimum absolute atomic E-state index is 0.0327. The Hall–Kier alpha value is -2.07. The molecular weight excluding hydrogens is 266 g/mol. The lowest BCUT2D eigenvalue weighted by atomic mass is 10.1. The van der Waals surface area contributed by atoms with E-state index in [1.165, 1.54) is 18.1 Å². The van der Waals surface area contributed by atoms with Crippen LogP contribution < -0.4 is 5.32 Å². The van der Waals surface area contributed by atoms with Crippen molar-refractivity contribution in [2.24, 2.45) is 0 Å². The number of carbonyl (C=O) groups is 1. The molecule has 0 bridgehead atoms. The van der Waals surface area contributed by atoms with Crippen molar-refractivity contribution in [1.82, 2.24) is 5.32 Å². The Bertz CT molecular complexity index is 522. The van der Waals surface area contributed by atoms with Crippen LogP contribution in [0.2, 0.25) is 0 Å². The number of aliphatic hydroxyl groups is 1. The predicted molar refractivity (Wildman–Crippen MR) is 80.7 cm³/mol. The lowest BCUT2D eigenvalue weighted by Crippen LogP contribution is -2.25. The number of furan rings is 1. The summed E-state index contributed by atoms with van der Waals surface area (Å²) < 4.78 is 4.91. The highest BCUT2D eigenvalue weighted by molar-refractivity contribution is 5.75. The largest absolute Gasteiger partial charge is 0.472 e. The third kappa shape index (κ3) is 5.44. The molecule has 0 unspecified atom stereocenters. The zero-order valence-corrected chi connectivity index (χ0v) is 12.0. The van der Waals surface area contributed by atoms with Crippen LogP contribution in [-0.4, -0.2) is 17.6 Å². The van der Waals surface area contributed by atoms with E-state index >= 15 is 0 Å². The quantitative estimate of drug-likeness (QED) is 0.784. The maximum atomic E-state index is 11.7. The van der Waals surface area contributed by atoms with Crippen molar-refractivity contribution in [3.8, 4) is 0 Å². The fraction of sp³-hybridized carbons (Fsp3) is 0.353. The van der Waals surface area contributed by atoms with Crippen molar-refractivity contribution in [2.45, 2.75) is 31.8 Å². The minimum Gasteiger partial charge on any atom is -0.472 e. The Morgan fingerprint density at radius 1 is 1.24 bits per heavy atom. The summed E-state index contributed by atoms with van der Waals surface area (Å²) in [5, 5.41) is 12.7. The molecule has 2 rings (SSSR count).